The summed E-state index contributed by atoms with van der Waals surface area (Å²) in [7, 11) is 0. The fourth-order valence-corrected chi connectivity index (χ4v) is 1.32. The van der Waals surface area contributed by atoms with E-state index in [0.29, 0.717) is 15.4 Å². The average molecular weight is 269 g/mol. The van der Waals surface area contributed by atoms with Gasteiger partial charge in [-0.3, -0.25) is 4.98 Å². The van der Waals surface area contributed by atoms with E-state index in [9.17, 15) is 4.39 Å². The molecule has 1 heterocycles. The lowest BCUT2D eigenvalue weighted by atomic mass is 10.3. The van der Waals surface area contributed by atoms with Gasteiger partial charge in [-0.15, -0.1) is 0 Å². The minimum atomic E-state index is -0.244. The van der Waals surface area contributed by atoms with E-state index in [1.807, 2.05) is 0 Å². The summed E-state index contributed by atoms with van der Waals surface area (Å²) in [5, 5.41) is 0.491. The highest BCUT2D eigenvalue weighted by Gasteiger charge is 2.03. The molecule has 0 unspecified atom stereocenters. The van der Waals surface area contributed by atoms with E-state index in [1.165, 1.54) is 12.4 Å². The van der Waals surface area contributed by atoms with Crippen molar-refractivity contribution in [2.24, 2.45) is 0 Å². The van der Waals surface area contributed by atoms with Crippen LogP contribution in [0.15, 0.2) is 16.9 Å². The van der Waals surface area contributed by atoms with Crippen LogP contribution in [-0.2, 0) is 5.33 Å². The van der Waals surface area contributed by atoms with Gasteiger partial charge in [0.1, 0.15) is 5.82 Å². The molecule has 0 spiro atoms. The molecule has 0 aliphatic heterocycles. The normalized spacial score (nSPS) is 9.90. The number of alkyl halides is 1. The number of hydrogen-bond donors (Lipinski definition) is 0. The molecule has 0 amide bonds. The SMILES string of the molecule is Fc1c(Br)cncc1CBr. The van der Waals surface area contributed by atoms with Gasteiger partial charge in [0.15, 0.2) is 0 Å². The Morgan fingerprint density at radius 1 is 1.50 bits per heavy atom. The molecule has 0 saturated heterocycles. The molecule has 0 atom stereocenters. The first-order chi connectivity index (χ1) is 4.75. The molecule has 1 aromatic rings. The van der Waals surface area contributed by atoms with Crippen molar-refractivity contribution in [3.63, 3.8) is 0 Å². The molecule has 1 nitrogen and oxygen atoms in total. The van der Waals surface area contributed by atoms with Gasteiger partial charge in [0, 0.05) is 23.3 Å². The summed E-state index contributed by atoms with van der Waals surface area (Å²) in [6.07, 6.45) is 2.93. The number of rotatable bonds is 1. The van der Waals surface area contributed by atoms with Gasteiger partial charge in [0.05, 0.1) is 4.47 Å². The smallest absolute Gasteiger partial charge is 0.144 e. The van der Waals surface area contributed by atoms with Crippen LogP contribution in [0.5, 0.6) is 0 Å². The zero-order chi connectivity index (χ0) is 7.56. The third kappa shape index (κ3) is 1.55. The largest absolute Gasteiger partial charge is 0.263 e. The first-order valence-electron chi connectivity index (χ1n) is 2.59. The van der Waals surface area contributed by atoms with Crippen molar-refractivity contribution in [3.8, 4) is 0 Å². The topological polar surface area (TPSA) is 12.9 Å². The number of hydrogen-bond acceptors (Lipinski definition) is 1. The van der Waals surface area contributed by atoms with Crippen LogP contribution in [0.25, 0.3) is 0 Å². The second kappa shape index (κ2) is 3.44. The number of aromatic nitrogens is 1. The highest BCUT2D eigenvalue weighted by molar-refractivity contribution is 9.10. The molecule has 1 aromatic heterocycles. The second-order valence-corrected chi connectivity index (χ2v) is 3.14. The molecule has 0 aliphatic rings. The maximum absolute atomic E-state index is 12.9. The van der Waals surface area contributed by atoms with Gasteiger partial charge >= 0.3 is 0 Å². The molecule has 10 heavy (non-hydrogen) atoms. The quantitative estimate of drug-likeness (QED) is 0.714. The molecule has 54 valence electrons. The van der Waals surface area contributed by atoms with Gasteiger partial charge in [0.25, 0.3) is 0 Å². The van der Waals surface area contributed by atoms with Gasteiger partial charge in [-0.25, -0.2) is 4.39 Å². The van der Waals surface area contributed by atoms with Crippen molar-refractivity contribution in [2.75, 3.05) is 0 Å². The van der Waals surface area contributed by atoms with Crippen LogP contribution in [0.1, 0.15) is 5.56 Å². The summed E-state index contributed by atoms with van der Waals surface area (Å²) in [5.74, 6) is -0.244. The van der Waals surface area contributed by atoms with Crippen molar-refractivity contribution in [1.29, 1.82) is 0 Å². The lowest BCUT2D eigenvalue weighted by Gasteiger charge is -1.97. The summed E-state index contributed by atoms with van der Waals surface area (Å²) < 4.78 is 13.3. The van der Waals surface area contributed by atoms with E-state index in [1.54, 1.807) is 0 Å². The predicted octanol–water partition coefficient (Wildman–Crippen LogP) is 2.88. The third-order valence-corrected chi connectivity index (χ3v) is 2.21. The molecule has 0 saturated carbocycles. The molecule has 0 aliphatic carbocycles. The van der Waals surface area contributed by atoms with Gasteiger partial charge in [0.2, 0.25) is 0 Å². The molecular weight excluding hydrogens is 265 g/mol. The van der Waals surface area contributed by atoms with E-state index in [4.69, 9.17) is 0 Å². The van der Waals surface area contributed by atoms with Crippen molar-refractivity contribution >= 4 is 31.9 Å². The Labute approximate surface area is 74.9 Å². The predicted molar refractivity (Wildman–Crippen MR) is 44.5 cm³/mol. The van der Waals surface area contributed by atoms with Crippen LogP contribution in [0.3, 0.4) is 0 Å². The lowest BCUT2D eigenvalue weighted by Crippen LogP contribution is -1.88. The van der Waals surface area contributed by atoms with Crippen molar-refractivity contribution in [2.45, 2.75) is 5.33 Å². The van der Waals surface area contributed by atoms with E-state index in [0.717, 1.165) is 0 Å². The highest BCUT2D eigenvalue weighted by Crippen LogP contribution is 2.18. The number of pyridine rings is 1. The summed E-state index contributed by atoms with van der Waals surface area (Å²) in [4.78, 5) is 3.80. The summed E-state index contributed by atoms with van der Waals surface area (Å²) in [5.41, 5.74) is 0.564. The number of nitrogens with zero attached hydrogens (tertiary/aromatic N) is 1. The van der Waals surface area contributed by atoms with Gasteiger partial charge in [-0.1, -0.05) is 15.9 Å². The highest BCUT2D eigenvalue weighted by atomic mass is 79.9. The zero-order valence-corrected chi connectivity index (χ0v) is 8.11. The maximum Gasteiger partial charge on any atom is 0.144 e. The first kappa shape index (κ1) is 8.14. The van der Waals surface area contributed by atoms with Crippen molar-refractivity contribution < 1.29 is 4.39 Å². The Morgan fingerprint density at radius 3 is 2.70 bits per heavy atom. The molecule has 0 N–H and O–H groups in total. The second-order valence-electron chi connectivity index (χ2n) is 1.73. The molecule has 0 bridgehead atoms. The van der Waals surface area contributed by atoms with Gasteiger partial charge in [-0.2, -0.15) is 0 Å². The van der Waals surface area contributed by atoms with E-state index >= 15 is 0 Å². The van der Waals surface area contributed by atoms with Crippen LogP contribution in [0, 0.1) is 5.82 Å². The Balaban J connectivity index is 3.14. The van der Waals surface area contributed by atoms with Crippen molar-refractivity contribution in [1.82, 2.24) is 4.98 Å². The molecule has 1 rings (SSSR count). The molecule has 0 aromatic carbocycles. The summed E-state index contributed by atoms with van der Waals surface area (Å²) in [6, 6.07) is 0. The van der Waals surface area contributed by atoms with Crippen LogP contribution in [0.4, 0.5) is 4.39 Å². The Hall–Kier alpha value is 0.0400. The van der Waals surface area contributed by atoms with E-state index in [2.05, 4.69) is 36.8 Å². The zero-order valence-electron chi connectivity index (χ0n) is 4.94. The van der Waals surface area contributed by atoms with Gasteiger partial charge in [-0.05, 0) is 15.9 Å². The Bertz CT molecular complexity index is 239. The molecular formula is C6H4Br2FN. The standard InChI is InChI=1S/C6H4Br2FN/c7-1-4-2-10-3-5(8)6(4)9/h2-3H,1H2. The number of halogens is 3. The average Bonchev–Trinajstić information content (AvgIpc) is 1.95. The fraction of sp³-hybridized carbons (Fsp3) is 0.167. The Kier molecular flexibility index (Phi) is 2.80. The maximum atomic E-state index is 12.9. The van der Waals surface area contributed by atoms with Crippen LogP contribution >= 0.6 is 31.9 Å². The Morgan fingerprint density at radius 2 is 2.20 bits per heavy atom. The third-order valence-electron chi connectivity index (χ3n) is 1.05. The molecule has 4 heteroatoms. The summed E-state index contributed by atoms with van der Waals surface area (Å²) in [6.45, 7) is 0. The monoisotopic (exact) mass is 267 g/mol. The minimum absolute atomic E-state index is 0.244. The van der Waals surface area contributed by atoms with Crippen LogP contribution in [-0.4, -0.2) is 4.98 Å². The van der Waals surface area contributed by atoms with E-state index < -0.39 is 0 Å². The molecule has 0 fully saturated rings. The fourth-order valence-electron chi connectivity index (χ4n) is 0.553. The summed E-state index contributed by atoms with van der Waals surface area (Å²) >= 11 is 6.17. The first-order valence-corrected chi connectivity index (χ1v) is 4.51. The van der Waals surface area contributed by atoms with Gasteiger partial charge < -0.3 is 0 Å². The lowest BCUT2D eigenvalue weighted by molar-refractivity contribution is 0.608. The minimum Gasteiger partial charge on any atom is -0.263 e. The van der Waals surface area contributed by atoms with Crippen LogP contribution < -0.4 is 0 Å². The van der Waals surface area contributed by atoms with Crippen LogP contribution in [0.2, 0.25) is 0 Å². The molecule has 0 radical (unpaired) electrons. The van der Waals surface area contributed by atoms with Crippen molar-refractivity contribution in [3.05, 3.63) is 28.2 Å². The van der Waals surface area contributed by atoms with E-state index in [-0.39, 0.29) is 5.82 Å².